The number of nitrogens with zero attached hydrogens (tertiary/aromatic N) is 1. The lowest BCUT2D eigenvalue weighted by molar-refractivity contribution is -0.113. The molecule has 0 radical (unpaired) electrons. The quantitative estimate of drug-likeness (QED) is 0.827. The largest absolute Gasteiger partial charge is 0.325 e. The van der Waals surface area contributed by atoms with Crippen molar-refractivity contribution < 1.29 is 4.79 Å². The van der Waals surface area contributed by atoms with Crippen LogP contribution in [0.5, 0.6) is 0 Å². The fraction of sp³-hybridized carbons (Fsp3) is 0.200. The molecule has 1 N–H and O–H groups in total. The van der Waals surface area contributed by atoms with Crippen LogP contribution in [-0.2, 0) is 10.5 Å². The Morgan fingerprint density at radius 3 is 2.70 bits per heavy atom. The summed E-state index contributed by atoms with van der Waals surface area (Å²) in [5, 5.41) is 2.86. The summed E-state index contributed by atoms with van der Waals surface area (Å²) < 4.78 is 0. The van der Waals surface area contributed by atoms with E-state index in [2.05, 4.69) is 16.4 Å². The van der Waals surface area contributed by atoms with Crippen molar-refractivity contribution in [2.45, 2.75) is 10.6 Å². The lowest BCUT2D eigenvalue weighted by Crippen LogP contribution is -2.13. The summed E-state index contributed by atoms with van der Waals surface area (Å²) in [7, 11) is 0. The summed E-state index contributed by atoms with van der Waals surface area (Å²) in [5.74, 6) is 1.41. The van der Waals surface area contributed by atoms with Crippen LogP contribution in [-0.4, -0.2) is 22.9 Å². The molecule has 2 aromatic rings. The molecule has 0 bridgehead atoms. The van der Waals surface area contributed by atoms with Crippen LogP contribution in [0.4, 0.5) is 5.69 Å². The Hall–Kier alpha value is -1.46. The highest BCUT2D eigenvalue weighted by atomic mass is 32.2. The molecule has 1 aromatic heterocycles. The number of aromatic nitrogens is 1. The summed E-state index contributed by atoms with van der Waals surface area (Å²) in [6.45, 7) is 0. The first-order valence-electron chi connectivity index (χ1n) is 6.18. The number of thioether (sulfide) groups is 2. The van der Waals surface area contributed by atoms with Gasteiger partial charge in [0.2, 0.25) is 5.91 Å². The van der Waals surface area contributed by atoms with Crippen molar-refractivity contribution in [3.8, 4) is 0 Å². The number of carbonyl (C=O) groups is 1. The van der Waals surface area contributed by atoms with E-state index in [-0.39, 0.29) is 5.91 Å². The van der Waals surface area contributed by atoms with Gasteiger partial charge in [-0.3, -0.25) is 9.78 Å². The van der Waals surface area contributed by atoms with Gasteiger partial charge in [0.1, 0.15) is 0 Å². The molecular weight excluding hydrogens is 288 g/mol. The third-order valence-corrected chi connectivity index (χ3v) is 4.18. The van der Waals surface area contributed by atoms with Gasteiger partial charge in [0.25, 0.3) is 0 Å². The minimum atomic E-state index is 0.0354. The molecule has 104 valence electrons. The van der Waals surface area contributed by atoms with Crippen LogP contribution in [0.3, 0.4) is 0 Å². The summed E-state index contributed by atoms with van der Waals surface area (Å²) >= 11 is 3.27. The van der Waals surface area contributed by atoms with Crippen LogP contribution < -0.4 is 5.32 Å². The van der Waals surface area contributed by atoms with E-state index in [1.54, 1.807) is 18.0 Å². The molecule has 0 aliphatic rings. The highest BCUT2D eigenvalue weighted by molar-refractivity contribution is 7.99. The fourth-order valence-corrected chi connectivity index (χ4v) is 2.78. The van der Waals surface area contributed by atoms with Crippen molar-refractivity contribution in [1.29, 1.82) is 0 Å². The second-order valence-electron chi connectivity index (χ2n) is 4.16. The topological polar surface area (TPSA) is 42.0 Å². The van der Waals surface area contributed by atoms with Crippen molar-refractivity contribution >= 4 is 35.1 Å². The van der Waals surface area contributed by atoms with Crippen LogP contribution in [0.1, 0.15) is 5.56 Å². The number of anilines is 1. The predicted molar refractivity (Wildman–Crippen MR) is 87.3 cm³/mol. The molecular formula is C15H16N2OS2. The Morgan fingerprint density at radius 1 is 1.25 bits per heavy atom. The van der Waals surface area contributed by atoms with Gasteiger partial charge < -0.3 is 5.32 Å². The second-order valence-corrected chi connectivity index (χ2v) is 6.07. The summed E-state index contributed by atoms with van der Waals surface area (Å²) in [6.07, 6.45) is 5.57. The van der Waals surface area contributed by atoms with Gasteiger partial charge in [-0.2, -0.15) is 11.8 Å². The van der Waals surface area contributed by atoms with E-state index in [0.29, 0.717) is 5.75 Å². The first-order chi connectivity index (χ1) is 9.78. The molecule has 2 rings (SSSR count). The number of benzene rings is 1. The first kappa shape index (κ1) is 14.9. The van der Waals surface area contributed by atoms with E-state index >= 15 is 0 Å². The molecule has 0 aliphatic heterocycles. The third kappa shape index (κ3) is 4.90. The summed E-state index contributed by atoms with van der Waals surface area (Å²) in [5.41, 5.74) is 2.05. The normalized spacial score (nSPS) is 10.2. The number of rotatable bonds is 6. The van der Waals surface area contributed by atoms with Gasteiger partial charge in [0, 0.05) is 28.7 Å². The summed E-state index contributed by atoms with van der Waals surface area (Å²) in [4.78, 5) is 16.7. The molecule has 0 aliphatic carbocycles. The zero-order valence-electron chi connectivity index (χ0n) is 11.2. The highest BCUT2D eigenvalue weighted by Crippen LogP contribution is 2.23. The molecule has 1 heterocycles. The molecule has 1 aromatic carbocycles. The predicted octanol–water partition coefficient (Wildman–Crippen LogP) is 3.68. The zero-order chi connectivity index (χ0) is 14.2. The molecule has 0 fully saturated rings. The Morgan fingerprint density at radius 2 is 2.05 bits per heavy atom. The van der Waals surface area contributed by atoms with E-state index in [4.69, 9.17) is 0 Å². The minimum absolute atomic E-state index is 0.0354. The van der Waals surface area contributed by atoms with Crippen molar-refractivity contribution in [3.05, 3.63) is 54.4 Å². The number of nitrogens with one attached hydrogen (secondary N) is 1. The van der Waals surface area contributed by atoms with E-state index in [1.807, 2.05) is 42.8 Å². The van der Waals surface area contributed by atoms with Crippen LogP contribution in [0.25, 0.3) is 0 Å². The van der Waals surface area contributed by atoms with Crippen LogP contribution in [0.2, 0.25) is 0 Å². The van der Waals surface area contributed by atoms with E-state index in [0.717, 1.165) is 11.4 Å². The molecule has 1 amide bonds. The smallest absolute Gasteiger partial charge is 0.234 e. The number of hydrogen-bond donors (Lipinski definition) is 1. The summed E-state index contributed by atoms with van der Waals surface area (Å²) in [6, 6.07) is 11.9. The third-order valence-electron chi connectivity index (χ3n) is 2.54. The van der Waals surface area contributed by atoms with Crippen LogP contribution in [0.15, 0.2) is 53.7 Å². The second kappa shape index (κ2) is 7.97. The Bertz CT molecular complexity index is 544. The molecule has 0 unspecified atom stereocenters. The maximum Gasteiger partial charge on any atom is 0.234 e. The van der Waals surface area contributed by atoms with E-state index < -0.39 is 0 Å². The maximum absolute atomic E-state index is 11.5. The fourth-order valence-electron chi connectivity index (χ4n) is 1.61. The van der Waals surface area contributed by atoms with Crippen molar-refractivity contribution in [1.82, 2.24) is 4.98 Å². The lowest BCUT2D eigenvalue weighted by Gasteiger charge is -2.06. The van der Waals surface area contributed by atoms with Gasteiger partial charge in [-0.05, 0) is 42.2 Å². The average Bonchev–Trinajstić information content (AvgIpc) is 2.48. The lowest BCUT2D eigenvalue weighted by atomic mass is 10.3. The van der Waals surface area contributed by atoms with Gasteiger partial charge in [-0.15, -0.1) is 11.8 Å². The number of pyridine rings is 1. The SMILES string of the molecule is CSCC(=O)Nc1ccc(SCc2cccnc2)cc1. The molecule has 0 atom stereocenters. The molecule has 3 nitrogen and oxygen atoms in total. The number of hydrogen-bond acceptors (Lipinski definition) is 4. The van der Waals surface area contributed by atoms with Gasteiger partial charge in [-0.25, -0.2) is 0 Å². The Labute approximate surface area is 127 Å². The maximum atomic E-state index is 11.5. The molecule has 0 saturated heterocycles. The van der Waals surface area contributed by atoms with Crippen molar-refractivity contribution in [3.63, 3.8) is 0 Å². The van der Waals surface area contributed by atoms with Gasteiger partial charge in [-0.1, -0.05) is 6.07 Å². The number of carbonyl (C=O) groups excluding carboxylic acids is 1. The molecule has 5 heteroatoms. The highest BCUT2D eigenvalue weighted by Gasteiger charge is 2.01. The van der Waals surface area contributed by atoms with Crippen molar-refractivity contribution in [2.75, 3.05) is 17.3 Å². The zero-order valence-corrected chi connectivity index (χ0v) is 12.8. The monoisotopic (exact) mass is 304 g/mol. The van der Waals surface area contributed by atoms with Gasteiger partial charge in [0.15, 0.2) is 0 Å². The Balaban J connectivity index is 1.87. The first-order valence-corrected chi connectivity index (χ1v) is 8.56. The Kier molecular flexibility index (Phi) is 5.95. The van der Waals surface area contributed by atoms with Crippen LogP contribution >= 0.6 is 23.5 Å². The van der Waals surface area contributed by atoms with Crippen molar-refractivity contribution in [2.24, 2.45) is 0 Å². The van der Waals surface area contributed by atoms with Gasteiger partial charge >= 0.3 is 0 Å². The van der Waals surface area contributed by atoms with Crippen LogP contribution in [0, 0.1) is 0 Å². The molecule has 0 spiro atoms. The van der Waals surface area contributed by atoms with E-state index in [9.17, 15) is 4.79 Å². The van der Waals surface area contributed by atoms with Gasteiger partial charge in [0.05, 0.1) is 5.75 Å². The molecule has 0 saturated carbocycles. The molecule has 20 heavy (non-hydrogen) atoms. The van der Waals surface area contributed by atoms with E-state index in [1.165, 1.54) is 22.2 Å². The minimum Gasteiger partial charge on any atom is -0.325 e. The number of amides is 1. The average molecular weight is 304 g/mol. The standard InChI is InChI=1S/C15H16N2OS2/c1-19-11-15(18)17-13-4-6-14(7-5-13)20-10-12-3-2-8-16-9-12/h2-9H,10-11H2,1H3,(H,17,18).